The first-order chi connectivity index (χ1) is 13.0. The molecule has 11 nitrogen and oxygen atoms in total. The van der Waals surface area contributed by atoms with Crippen LogP contribution in [-0.4, -0.2) is 35.0 Å². The lowest BCUT2D eigenvalue weighted by atomic mass is 10.2. The van der Waals surface area contributed by atoms with Crippen LogP contribution in [0.4, 0.5) is 22.7 Å². The summed E-state index contributed by atoms with van der Waals surface area (Å²) in [5.74, 6) is -1.67. The normalized spacial score (nSPS) is 10.8. The van der Waals surface area contributed by atoms with Crippen LogP contribution >= 0.6 is 0 Å². The van der Waals surface area contributed by atoms with Crippen LogP contribution in [-0.2, 0) is 19.7 Å². The Morgan fingerprint density at radius 1 is 0.857 bits per heavy atom. The summed E-state index contributed by atoms with van der Waals surface area (Å²) < 4.78 is 32.1. The number of amides is 2. The Bertz CT molecular complexity index is 1040. The maximum Gasteiger partial charge on any atom is 0.294 e. The fourth-order valence-electron chi connectivity index (χ4n) is 2.19. The molecule has 0 saturated carbocycles. The number of phenols is 2. The number of hydrazine groups is 1. The van der Waals surface area contributed by atoms with Crippen molar-refractivity contribution >= 4 is 44.7 Å². The lowest BCUT2D eigenvalue weighted by Crippen LogP contribution is -2.13. The molecule has 0 aromatic heterocycles. The van der Waals surface area contributed by atoms with Gasteiger partial charge in [0.2, 0.25) is 11.8 Å². The lowest BCUT2D eigenvalue weighted by molar-refractivity contribution is -0.115. The van der Waals surface area contributed by atoms with Gasteiger partial charge in [-0.15, -0.1) is 0 Å². The second-order valence-electron chi connectivity index (χ2n) is 5.69. The summed E-state index contributed by atoms with van der Waals surface area (Å²) in [4.78, 5) is 21.7. The first-order valence-electron chi connectivity index (χ1n) is 7.72. The zero-order valence-corrected chi connectivity index (χ0v) is 15.6. The average molecular weight is 410 g/mol. The van der Waals surface area contributed by atoms with Crippen LogP contribution in [0.2, 0.25) is 0 Å². The van der Waals surface area contributed by atoms with Gasteiger partial charge in [-0.3, -0.25) is 25.0 Å². The van der Waals surface area contributed by atoms with Gasteiger partial charge in [0.1, 0.15) is 5.75 Å². The Hall–Kier alpha value is -3.51. The summed E-state index contributed by atoms with van der Waals surface area (Å²) in [5.41, 5.74) is 5.05. The second-order valence-corrected chi connectivity index (χ2v) is 7.11. The fraction of sp³-hybridized carbons (Fsp3) is 0.125. The Labute approximate surface area is 160 Å². The van der Waals surface area contributed by atoms with Gasteiger partial charge in [0.05, 0.1) is 22.0 Å². The van der Waals surface area contributed by atoms with Gasteiger partial charge in [0, 0.05) is 25.6 Å². The molecule has 0 aliphatic heterocycles. The molecule has 12 heteroatoms. The average Bonchev–Trinajstić information content (AvgIpc) is 2.55. The van der Waals surface area contributed by atoms with Crippen LogP contribution in [0.15, 0.2) is 35.2 Å². The molecule has 0 spiro atoms. The number of carbonyl (C=O) groups excluding carboxylic acids is 2. The lowest BCUT2D eigenvalue weighted by Gasteiger charge is -2.16. The molecule has 2 aromatic rings. The Kier molecular flexibility index (Phi) is 5.96. The van der Waals surface area contributed by atoms with Gasteiger partial charge in [-0.25, -0.2) is 0 Å². The van der Waals surface area contributed by atoms with Gasteiger partial charge in [-0.1, -0.05) is 0 Å². The van der Waals surface area contributed by atoms with Crippen LogP contribution in [0.5, 0.6) is 11.5 Å². The van der Waals surface area contributed by atoms with Crippen LogP contribution in [0.25, 0.3) is 0 Å². The second kappa shape index (κ2) is 8.02. The van der Waals surface area contributed by atoms with E-state index in [1.165, 1.54) is 25.1 Å². The molecule has 0 aliphatic carbocycles. The van der Waals surface area contributed by atoms with Gasteiger partial charge < -0.3 is 20.8 Å². The number of aromatic hydroxyl groups is 2. The largest absolute Gasteiger partial charge is 0.506 e. The van der Waals surface area contributed by atoms with Crippen molar-refractivity contribution in [2.24, 2.45) is 0 Å². The minimum absolute atomic E-state index is 0.131. The van der Waals surface area contributed by atoms with Crippen molar-refractivity contribution in [3.8, 4) is 11.5 Å². The number of hydrogen-bond acceptors (Lipinski definition) is 8. The van der Waals surface area contributed by atoms with E-state index < -0.39 is 26.7 Å². The van der Waals surface area contributed by atoms with Gasteiger partial charge in [-0.05, 0) is 24.3 Å². The highest BCUT2D eigenvalue weighted by atomic mass is 32.2. The van der Waals surface area contributed by atoms with Crippen molar-refractivity contribution in [2.45, 2.75) is 18.7 Å². The van der Waals surface area contributed by atoms with E-state index in [4.69, 9.17) is 0 Å². The molecule has 28 heavy (non-hydrogen) atoms. The molecule has 0 saturated heterocycles. The van der Waals surface area contributed by atoms with Crippen molar-refractivity contribution in [2.75, 3.05) is 21.5 Å². The summed E-state index contributed by atoms with van der Waals surface area (Å²) in [6, 6.07) is 5.97. The van der Waals surface area contributed by atoms with Crippen LogP contribution in [0.1, 0.15) is 13.8 Å². The molecule has 2 amide bonds. The molecular formula is C16H18N4O7S. The first kappa shape index (κ1) is 20.8. The van der Waals surface area contributed by atoms with E-state index in [0.717, 1.165) is 19.1 Å². The quantitative estimate of drug-likeness (QED) is 0.212. The fourth-order valence-corrected chi connectivity index (χ4v) is 2.72. The van der Waals surface area contributed by atoms with Crippen LogP contribution < -0.4 is 21.5 Å². The first-order valence-corrected chi connectivity index (χ1v) is 9.16. The number of carbonyl (C=O) groups is 2. The Morgan fingerprint density at radius 3 is 1.96 bits per heavy atom. The molecule has 0 fully saturated rings. The highest BCUT2D eigenvalue weighted by Gasteiger charge is 2.18. The molecular weight excluding hydrogens is 392 g/mol. The molecule has 0 bridgehead atoms. The third-order valence-corrected chi connectivity index (χ3v) is 4.17. The van der Waals surface area contributed by atoms with E-state index in [0.29, 0.717) is 5.69 Å². The predicted octanol–water partition coefficient (Wildman–Crippen LogP) is 1.70. The monoisotopic (exact) mass is 410 g/mol. The highest BCUT2D eigenvalue weighted by Crippen LogP contribution is 2.36. The van der Waals surface area contributed by atoms with E-state index in [-0.39, 0.29) is 28.7 Å². The maximum atomic E-state index is 11.4. The predicted molar refractivity (Wildman–Crippen MR) is 102 cm³/mol. The molecule has 2 rings (SSSR count). The third kappa shape index (κ3) is 5.25. The zero-order valence-electron chi connectivity index (χ0n) is 14.8. The molecule has 2 aromatic carbocycles. The third-order valence-electron chi connectivity index (χ3n) is 3.34. The molecule has 0 unspecified atom stereocenters. The van der Waals surface area contributed by atoms with Crippen LogP contribution in [0.3, 0.4) is 0 Å². The van der Waals surface area contributed by atoms with Crippen LogP contribution in [0, 0.1) is 0 Å². The summed E-state index contributed by atoms with van der Waals surface area (Å²) in [7, 11) is -4.63. The van der Waals surface area contributed by atoms with Gasteiger partial charge in [-0.2, -0.15) is 8.42 Å². The van der Waals surface area contributed by atoms with E-state index in [2.05, 4.69) is 21.5 Å². The molecule has 150 valence electrons. The number of phenolic OH excluding ortho intramolecular Hbond substituents is 2. The minimum Gasteiger partial charge on any atom is -0.506 e. The summed E-state index contributed by atoms with van der Waals surface area (Å²) in [5, 5.41) is 24.9. The number of rotatable bonds is 6. The molecule has 0 aliphatic rings. The van der Waals surface area contributed by atoms with Gasteiger partial charge >= 0.3 is 0 Å². The van der Waals surface area contributed by atoms with E-state index in [9.17, 15) is 32.8 Å². The molecule has 7 N–H and O–H groups in total. The van der Waals surface area contributed by atoms with Crippen molar-refractivity contribution in [3.05, 3.63) is 30.3 Å². The summed E-state index contributed by atoms with van der Waals surface area (Å²) in [6.07, 6.45) is 0. The van der Waals surface area contributed by atoms with Crippen molar-refractivity contribution in [1.29, 1.82) is 0 Å². The zero-order chi connectivity index (χ0) is 21.1. The standard InChI is InChI=1S/C16H18N4O7S/c1-8(21)17-10-3-4-12(15(23)5-10)19-20-14-7-11(28(25,26)27)6-13(16(14)24)18-9(2)22/h3-7,19-20,23-24H,1-2H3,(H,17,21)(H,18,22)(H,25,26,27). The minimum atomic E-state index is -4.63. The molecule has 0 heterocycles. The van der Waals surface area contributed by atoms with E-state index in [1.54, 1.807) is 0 Å². The molecule has 0 atom stereocenters. The topological polar surface area (TPSA) is 177 Å². The van der Waals surface area contributed by atoms with Gasteiger partial charge in [0.25, 0.3) is 10.1 Å². The van der Waals surface area contributed by atoms with E-state index in [1.807, 2.05) is 0 Å². The summed E-state index contributed by atoms with van der Waals surface area (Å²) >= 11 is 0. The number of anilines is 4. The Balaban J connectivity index is 2.33. The van der Waals surface area contributed by atoms with Crippen molar-refractivity contribution in [3.63, 3.8) is 0 Å². The maximum absolute atomic E-state index is 11.4. The van der Waals surface area contributed by atoms with Gasteiger partial charge in [0.15, 0.2) is 5.75 Å². The number of nitrogens with one attached hydrogen (secondary N) is 4. The smallest absolute Gasteiger partial charge is 0.294 e. The van der Waals surface area contributed by atoms with Crippen molar-refractivity contribution in [1.82, 2.24) is 0 Å². The summed E-state index contributed by atoms with van der Waals surface area (Å²) in [6.45, 7) is 2.46. The SMILES string of the molecule is CC(=O)Nc1ccc(NNc2cc(S(=O)(=O)O)cc(NC(C)=O)c2O)c(O)c1. The molecule has 0 radical (unpaired) electrons. The number of benzene rings is 2. The highest BCUT2D eigenvalue weighted by molar-refractivity contribution is 7.85. The number of hydrogen-bond donors (Lipinski definition) is 7. The Morgan fingerprint density at radius 2 is 1.43 bits per heavy atom. The van der Waals surface area contributed by atoms with Crippen molar-refractivity contribution < 1.29 is 32.8 Å². The van der Waals surface area contributed by atoms with E-state index >= 15 is 0 Å².